The van der Waals surface area contributed by atoms with E-state index in [9.17, 15) is 4.79 Å². The summed E-state index contributed by atoms with van der Waals surface area (Å²) in [5.41, 5.74) is 2.88. The monoisotopic (exact) mass is 340 g/mol. The fraction of sp³-hybridized carbons (Fsp3) is 0.333. The zero-order chi connectivity index (χ0) is 16.5. The van der Waals surface area contributed by atoms with Crippen LogP contribution in [0.4, 0.5) is 0 Å². The van der Waals surface area contributed by atoms with Gasteiger partial charge in [-0.05, 0) is 42.5 Å². The van der Waals surface area contributed by atoms with Crippen LogP contribution in [0.3, 0.4) is 0 Å². The number of rotatable bonds is 4. The maximum atomic E-state index is 12.4. The van der Waals surface area contributed by atoms with Crippen LogP contribution in [0.2, 0.25) is 0 Å². The van der Waals surface area contributed by atoms with Gasteiger partial charge in [-0.15, -0.1) is 11.3 Å². The third-order valence-corrected chi connectivity index (χ3v) is 5.70. The molecule has 0 saturated heterocycles. The summed E-state index contributed by atoms with van der Waals surface area (Å²) in [6.45, 7) is 4.87. The second-order valence-electron chi connectivity index (χ2n) is 6.26. The van der Waals surface area contributed by atoms with Crippen molar-refractivity contribution < 1.29 is 4.79 Å². The smallest absolute Gasteiger partial charge is 0.251 e. The molecular weight excluding hydrogens is 320 g/mol. The molecule has 0 bridgehead atoms. The second kappa shape index (κ2) is 6.37. The van der Waals surface area contributed by atoms with Crippen molar-refractivity contribution in [2.45, 2.75) is 25.9 Å². The molecule has 1 aliphatic rings. The van der Waals surface area contributed by atoms with E-state index in [0.29, 0.717) is 18.2 Å². The summed E-state index contributed by atoms with van der Waals surface area (Å²) >= 11 is 1.85. The molecule has 1 amide bonds. The first-order valence-corrected chi connectivity index (χ1v) is 9.09. The highest BCUT2D eigenvalue weighted by Gasteiger charge is 2.21. The number of fused-ring (bicyclic) bond motifs is 2. The van der Waals surface area contributed by atoms with E-state index in [1.165, 1.54) is 10.4 Å². The molecule has 24 heavy (non-hydrogen) atoms. The van der Waals surface area contributed by atoms with Crippen molar-refractivity contribution in [3.05, 3.63) is 58.2 Å². The van der Waals surface area contributed by atoms with Crippen LogP contribution < -0.4 is 5.32 Å². The summed E-state index contributed by atoms with van der Waals surface area (Å²) in [4.78, 5) is 20.6. The molecule has 3 aromatic heterocycles. The van der Waals surface area contributed by atoms with Gasteiger partial charge in [0.05, 0.1) is 0 Å². The highest BCUT2D eigenvalue weighted by molar-refractivity contribution is 7.10. The molecule has 5 nitrogen and oxygen atoms in total. The van der Waals surface area contributed by atoms with E-state index in [1.54, 1.807) is 6.20 Å². The minimum atomic E-state index is -0.0411. The van der Waals surface area contributed by atoms with Crippen molar-refractivity contribution in [3.8, 4) is 0 Å². The van der Waals surface area contributed by atoms with Crippen LogP contribution in [0, 0.1) is 0 Å². The average Bonchev–Trinajstić information content (AvgIpc) is 3.26. The number of imidazole rings is 1. The predicted molar refractivity (Wildman–Crippen MR) is 95.4 cm³/mol. The number of aromatic nitrogens is 2. The number of hydrogen-bond donors (Lipinski definition) is 1. The fourth-order valence-corrected chi connectivity index (χ4v) is 4.06. The normalized spacial score (nSPS) is 16.0. The lowest BCUT2D eigenvalue weighted by Crippen LogP contribution is -2.44. The molecule has 0 aliphatic carbocycles. The summed E-state index contributed by atoms with van der Waals surface area (Å²) in [5.74, 6) is -0.0411. The SMILES string of the molecule is CC(CNC(=O)c1ccn2ccnc2c1)N1CCc2sccc2C1. The first kappa shape index (κ1) is 15.4. The molecule has 1 aliphatic heterocycles. The predicted octanol–water partition coefficient (Wildman–Crippen LogP) is 2.57. The van der Waals surface area contributed by atoms with Crippen molar-refractivity contribution in [2.75, 3.05) is 13.1 Å². The van der Waals surface area contributed by atoms with E-state index >= 15 is 0 Å². The van der Waals surface area contributed by atoms with Gasteiger partial charge in [-0.3, -0.25) is 9.69 Å². The largest absolute Gasteiger partial charge is 0.350 e. The van der Waals surface area contributed by atoms with E-state index in [1.807, 2.05) is 40.3 Å². The molecule has 0 fully saturated rings. The number of carbonyl (C=O) groups is 1. The van der Waals surface area contributed by atoms with Crippen LogP contribution in [-0.2, 0) is 13.0 Å². The molecule has 6 heteroatoms. The van der Waals surface area contributed by atoms with Crippen LogP contribution >= 0.6 is 11.3 Å². The Hall–Kier alpha value is -2.18. The van der Waals surface area contributed by atoms with Gasteiger partial charge in [0.2, 0.25) is 0 Å². The van der Waals surface area contributed by atoms with Gasteiger partial charge in [0.1, 0.15) is 5.65 Å². The Bertz CT molecular complexity index is 869. The second-order valence-corrected chi connectivity index (χ2v) is 7.26. The third kappa shape index (κ3) is 2.95. The Morgan fingerprint density at radius 1 is 1.42 bits per heavy atom. The van der Waals surface area contributed by atoms with Crippen LogP contribution in [0.1, 0.15) is 27.7 Å². The van der Waals surface area contributed by atoms with Gasteiger partial charge >= 0.3 is 0 Å². The van der Waals surface area contributed by atoms with E-state index in [4.69, 9.17) is 0 Å². The first-order valence-electron chi connectivity index (χ1n) is 8.21. The molecule has 1 unspecified atom stereocenters. The molecule has 0 aromatic carbocycles. The molecule has 3 aromatic rings. The van der Waals surface area contributed by atoms with Gasteiger partial charge in [0.25, 0.3) is 5.91 Å². The van der Waals surface area contributed by atoms with Gasteiger partial charge in [-0.2, -0.15) is 0 Å². The summed E-state index contributed by atoms with van der Waals surface area (Å²) in [7, 11) is 0. The van der Waals surface area contributed by atoms with Crippen LogP contribution in [-0.4, -0.2) is 39.3 Å². The Labute approximate surface area is 144 Å². The lowest BCUT2D eigenvalue weighted by Gasteiger charge is -2.32. The summed E-state index contributed by atoms with van der Waals surface area (Å²) in [6, 6.07) is 6.18. The van der Waals surface area contributed by atoms with Crippen molar-refractivity contribution >= 4 is 22.9 Å². The van der Waals surface area contributed by atoms with Crippen molar-refractivity contribution in [3.63, 3.8) is 0 Å². The van der Waals surface area contributed by atoms with Gasteiger partial charge in [-0.1, -0.05) is 0 Å². The maximum Gasteiger partial charge on any atom is 0.251 e. The quantitative estimate of drug-likeness (QED) is 0.794. The molecular formula is C18H20N4OS. The number of carbonyl (C=O) groups excluding carboxylic acids is 1. The van der Waals surface area contributed by atoms with Gasteiger partial charge in [0, 0.05) is 54.7 Å². The summed E-state index contributed by atoms with van der Waals surface area (Å²) in [5, 5.41) is 5.23. The number of nitrogens with zero attached hydrogens (tertiary/aromatic N) is 3. The van der Waals surface area contributed by atoms with Gasteiger partial charge in [0.15, 0.2) is 0 Å². The molecule has 1 atom stereocenters. The van der Waals surface area contributed by atoms with Crippen molar-refractivity contribution in [1.82, 2.24) is 19.6 Å². The summed E-state index contributed by atoms with van der Waals surface area (Å²) in [6.07, 6.45) is 6.58. The van der Waals surface area contributed by atoms with Crippen LogP contribution in [0.25, 0.3) is 5.65 Å². The highest BCUT2D eigenvalue weighted by atomic mass is 32.1. The molecule has 4 rings (SSSR count). The maximum absolute atomic E-state index is 12.4. The summed E-state index contributed by atoms with van der Waals surface area (Å²) < 4.78 is 1.89. The molecule has 124 valence electrons. The molecule has 0 radical (unpaired) electrons. The molecule has 1 N–H and O–H groups in total. The fourth-order valence-electron chi connectivity index (χ4n) is 3.17. The lowest BCUT2D eigenvalue weighted by atomic mass is 10.1. The number of thiophene rings is 1. The van der Waals surface area contributed by atoms with Crippen LogP contribution in [0.5, 0.6) is 0 Å². The Morgan fingerprint density at radius 3 is 3.25 bits per heavy atom. The van der Waals surface area contributed by atoms with Crippen LogP contribution in [0.15, 0.2) is 42.2 Å². The lowest BCUT2D eigenvalue weighted by molar-refractivity contribution is 0.0932. The van der Waals surface area contributed by atoms with Crippen molar-refractivity contribution in [1.29, 1.82) is 0 Å². The highest BCUT2D eigenvalue weighted by Crippen LogP contribution is 2.24. The molecule has 4 heterocycles. The number of nitrogens with one attached hydrogen (secondary N) is 1. The zero-order valence-electron chi connectivity index (χ0n) is 13.6. The first-order chi connectivity index (χ1) is 11.7. The molecule has 0 saturated carbocycles. The Morgan fingerprint density at radius 2 is 2.33 bits per heavy atom. The van der Waals surface area contributed by atoms with Crippen molar-refractivity contribution in [2.24, 2.45) is 0 Å². The van der Waals surface area contributed by atoms with Gasteiger partial charge < -0.3 is 9.72 Å². The topological polar surface area (TPSA) is 49.6 Å². The average molecular weight is 340 g/mol. The number of hydrogen-bond acceptors (Lipinski definition) is 4. The van der Waals surface area contributed by atoms with E-state index in [-0.39, 0.29) is 5.91 Å². The third-order valence-electron chi connectivity index (χ3n) is 4.68. The zero-order valence-corrected chi connectivity index (χ0v) is 14.4. The Kier molecular flexibility index (Phi) is 4.08. The number of pyridine rings is 1. The minimum Gasteiger partial charge on any atom is -0.350 e. The molecule has 0 spiro atoms. The minimum absolute atomic E-state index is 0.0411. The van der Waals surface area contributed by atoms with E-state index in [0.717, 1.165) is 25.2 Å². The van der Waals surface area contributed by atoms with E-state index < -0.39 is 0 Å². The van der Waals surface area contributed by atoms with Gasteiger partial charge in [-0.25, -0.2) is 4.98 Å². The Balaban J connectivity index is 1.36. The standard InChI is InChI=1S/C18H20N4OS/c1-13(22-7-3-16-15(12-22)4-9-24-16)11-20-18(23)14-2-6-21-8-5-19-17(21)10-14/h2,4-6,8-10,13H,3,7,11-12H2,1H3,(H,20,23). The van der Waals surface area contributed by atoms with E-state index in [2.05, 4.69) is 33.6 Å². The number of amides is 1.